The maximum atomic E-state index is 11.1. The summed E-state index contributed by atoms with van der Waals surface area (Å²) in [5, 5.41) is 1.90. The fourth-order valence-electron chi connectivity index (χ4n) is 1.46. The zero-order valence-corrected chi connectivity index (χ0v) is 8.91. The molecule has 2 nitrogen and oxygen atoms in total. The average Bonchev–Trinajstić information content (AvgIpc) is 2.16. The van der Waals surface area contributed by atoms with Crippen LogP contribution < -0.4 is 5.73 Å². The van der Waals surface area contributed by atoms with Crippen LogP contribution in [0.2, 0.25) is 0 Å². The summed E-state index contributed by atoms with van der Waals surface area (Å²) in [5.41, 5.74) is 5.83. The first-order chi connectivity index (χ1) is 6.68. The van der Waals surface area contributed by atoms with Crippen LogP contribution in [0.3, 0.4) is 0 Å². The van der Waals surface area contributed by atoms with Gasteiger partial charge in [0.1, 0.15) is 0 Å². The summed E-state index contributed by atoms with van der Waals surface area (Å²) in [6.45, 7) is 0. The number of halogens is 1. The van der Waals surface area contributed by atoms with Gasteiger partial charge in [0, 0.05) is 10.0 Å². The molecule has 0 radical (unpaired) electrons. The molecular weight excluding hydrogens is 242 g/mol. The second-order valence-corrected chi connectivity index (χ2v) is 3.95. The van der Waals surface area contributed by atoms with Crippen molar-refractivity contribution in [3.8, 4) is 0 Å². The Hall–Kier alpha value is -1.35. The standard InChI is InChI=1S/C11H8BrNO/c12-8-5-4-7-2-1-3-9(11(13)14)10(7)6-8/h1-6H,(H2,13,14). The minimum absolute atomic E-state index is 0.395. The van der Waals surface area contributed by atoms with Gasteiger partial charge in [0.15, 0.2) is 0 Å². The second kappa shape index (κ2) is 3.42. The number of fused-ring (bicyclic) bond motifs is 1. The third-order valence-corrected chi connectivity index (χ3v) is 2.60. The predicted molar refractivity (Wildman–Crippen MR) is 60.2 cm³/mol. The van der Waals surface area contributed by atoms with Gasteiger partial charge >= 0.3 is 0 Å². The zero-order valence-electron chi connectivity index (χ0n) is 7.33. The van der Waals surface area contributed by atoms with E-state index in [-0.39, 0.29) is 0 Å². The molecule has 0 atom stereocenters. The lowest BCUT2D eigenvalue weighted by Crippen LogP contribution is -2.11. The summed E-state index contributed by atoms with van der Waals surface area (Å²) in [4.78, 5) is 11.1. The molecular formula is C11H8BrNO. The van der Waals surface area contributed by atoms with Crippen LogP contribution in [0.15, 0.2) is 40.9 Å². The van der Waals surface area contributed by atoms with Gasteiger partial charge < -0.3 is 5.73 Å². The number of nitrogens with two attached hydrogens (primary N) is 1. The zero-order chi connectivity index (χ0) is 10.1. The number of hydrogen-bond donors (Lipinski definition) is 1. The largest absolute Gasteiger partial charge is 0.366 e. The molecule has 0 aliphatic heterocycles. The highest BCUT2D eigenvalue weighted by atomic mass is 79.9. The van der Waals surface area contributed by atoms with Gasteiger partial charge in [-0.3, -0.25) is 4.79 Å². The first-order valence-electron chi connectivity index (χ1n) is 4.16. The lowest BCUT2D eigenvalue weighted by Gasteiger charge is -2.02. The number of rotatable bonds is 1. The molecule has 2 rings (SSSR count). The summed E-state index contributed by atoms with van der Waals surface area (Å²) in [6.07, 6.45) is 0. The SMILES string of the molecule is NC(=O)c1cccc2ccc(Br)cc12. The number of benzene rings is 2. The molecule has 0 fully saturated rings. The van der Waals surface area contributed by atoms with Crippen LogP contribution in [0, 0.1) is 0 Å². The van der Waals surface area contributed by atoms with Crippen LogP contribution in [0.1, 0.15) is 10.4 Å². The fourth-order valence-corrected chi connectivity index (χ4v) is 1.82. The molecule has 0 bridgehead atoms. The Kier molecular flexibility index (Phi) is 2.25. The predicted octanol–water partition coefficient (Wildman–Crippen LogP) is 2.70. The highest BCUT2D eigenvalue weighted by Crippen LogP contribution is 2.22. The molecule has 0 aliphatic carbocycles. The maximum absolute atomic E-state index is 11.1. The molecule has 2 aromatic rings. The number of primary amides is 1. The Balaban J connectivity index is 2.84. The van der Waals surface area contributed by atoms with Crippen molar-refractivity contribution in [3.63, 3.8) is 0 Å². The number of carbonyl (C=O) groups excluding carboxylic acids is 1. The van der Waals surface area contributed by atoms with Gasteiger partial charge in [-0.05, 0) is 29.0 Å². The van der Waals surface area contributed by atoms with Crippen LogP contribution in [-0.4, -0.2) is 5.91 Å². The van der Waals surface area contributed by atoms with Gasteiger partial charge in [0.25, 0.3) is 0 Å². The molecule has 3 heteroatoms. The number of carbonyl (C=O) groups is 1. The molecule has 0 unspecified atom stereocenters. The van der Waals surface area contributed by atoms with E-state index in [0.29, 0.717) is 5.56 Å². The Labute approximate surface area is 89.8 Å². The van der Waals surface area contributed by atoms with Gasteiger partial charge in [0.2, 0.25) is 5.91 Å². The monoisotopic (exact) mass is 249 g/mol. The van der Waals surface area contributed by atoms with Crippen LogP contribution >= 0.6 is 15.9 Å². The highest BCUT2D eigenvalue weighted by molar-refractivity contribution is 9.10. The number of amides is 1. The van der Waals surface area contributed by atoms with Crippen molar-refractivity contribution in [1.82, 2.24) is 0 Å². The van der Waals surface area contributed by atoms with Gasteiger partial charge in [-0.15, -0.1) is 0 Å². The van der Waals surface area contributed by atoms with E-state index in [0.717, 1.165) is 15.2 Å². The van der Waals surface area contributed by atoms with Gasteiger partial charge in [-0.25, -0.2) is 0 Å². The Bertz CT molecular complexity index is 508. The van der Waals surface area contributed by atoms with Gasteiger partial charge in [0.05, 0.1) is 0 Å². The molecule has 1 amide bonds. The van der Waals surface area contributed by atoms with Crippen molar-refractivity contribution in [1.29, 1.82) is 0 Å². The molecule has 0 aromatic heterocycles. The quantitative estimate of drug-likeness (QED) is 0.830. The minimum Gasteiger partial charge on any atom is -0.366 e. The van der Waals surface area contributed by atoms with Crippen LogP contribution in [0.4, 0.5) is 0 Å². The Morgan fingerprint density at radius 1 is 1.21 bits per heavy atom. The normalized spacial score (nSPS) is 10.4. The lowest BCUT2D eigenvalue weighted by atomic mass is 10.0. The van der Waals surface area contributed by atoms with Crippen LogP contribution in [-0.2, 0) is 0 Å². The lowest BCUT2D eigenvalue weighted by molar-refractivity contribution is 0.100. The van der Waals surface area contributed by atoms with Crippen LogP contribution in [0.25, 0.3) is 10.8 Å². The van der Waals surface area contributed by atoms with E-state index in [4.69, 9.17) is 5.73 Å². The summed E-state index contributed by atoms with van der Waals surface area (Å²) < 4.78 is 0.943. The van der Waals surface area contributed by atoms with E-state index in [9.17, 15) is 4.79 Å². The smallest absolute Gasteiger partial charge is 0.249 e. The third-order valence-electron chi connectivity index (χ3n) is 2.11. The fraction of sp³-hybridized carbons (Fsp3) is 0. The molecule has 2 aromatic carbocycles. The van der Waals surface area contributed by atoms with Crippen molar-refractivity contribution in [3.05, 3.63) is 46.4 Å². The maximum Gasteiger partial charge on any atom is 0.249 e. The van der Waals surface area contributed by atoms with Gasteiger partial charge in [-0.1, -0.05) is 34.1 Å². The van der Waals surface area contributed by atoms with Crippen LogP contribution in [0.5, 0.6) is 0 Å². The molecule has 0 aliphatic rings. The molecule has 14 heavy (non-hydrogen) atoms. The topological polar surface area (TPSA) is 43.1 Å². The van der Waals surface area contributed by atoms with E-state index < -0.39 is 5.91 Å². The Morgan fingerprint density at radius 3 is 2.71 bits per heavy atom. The van der Waals surface area contributed by atoms with Crippen molar-refractivity contribution in [2.24, 2.45) is 5.73 Å². The first-order valence-corrected chi connectivity index (χ1v) is 4.96. The number of hydrogen-bond acceptors (Lipinski definition) is 1. The van der Waals surface area contributed by atoms with Crippen molar-refractivity contribution >= 4 is 32.6 Å². The van der Waals surface area contributed by atoms with Gasteiger partial charge in [-0.2, -0.15) is 0 Å². The molecule has 0 saturated carbocycles. The van der Waals surface area contributed by atoms with E-state index in [1.165, 1.54) is 0 Å². The minimum atomic E-state index is -0.395. The van der Waals surface area contributed by atoms with Crippen molar-refractivity contribution in [2.45, 2.75) is 0 Å². The second-order valence-electron chi connectivity index (χ2n) is 3.04. The molecule has 2 N–H and O–H groups in total. The summed E-state index contributed by atoms with van der Waals surface area (Å²) in [5.74, 6) is -0.395. The van der Waals surface area contributed by atoms with Crippen molar-refractivity contribution < 1.29 is 4.79 Å². The molecule has 0 spiro atoms. The van der Waals surface area contributed by atoms with E-state index in [1.54, 1.807) is 6.07 Å². The van der Waals surface area contributed by atoms with Crippen molar-refractivity contribution in [2.75, 3.05) is 0 Å². The molecule has 0 heterocycles. The molecule has 0 saturated heterocycles. The van der Waals surface area contributed by atoms with E-state index in [1.807, 2.05) is 30.3 Å². The summed E-state index contributed by atoms with van der Waals surface area (Å²) in [7, 11) is 0. The van der Waals surface area contributed by atoms with E-state index >= 15 is 0 Å². The Morgan fingerprint density at radius 2 is 2.00 bits per heavy atom. The molecule has 70 valence electrons. The first kappa shape index (κ1) is 9.21. The summed E-state index contributed by atoms with van der Waals surface area (Å²) >= 11 is 3.36. The summed E-state index contributed by atoms with van der Waals surface area (Å²) in [6, 6.07) is 11.3. The average molecular weight is 250 g/mol. The highest BCUT2D eigenvalue weighted by Gasteiger charge is 2.05. The van der Waals surface area contributed by atoms with E-state index in [2.05, 4.69) is 15.9 Å². The third kappa shape index (κ3) is 1.51.